The molecule has 1 aromatic rings. The number of ketones is 1. The molecule has 0 unspecified atom stereocenters. The maximum Gasteiger partial charge on any atom is 0.253 e. The van der Waals surface area contributed by atoms with Crippen molar-refractivity contribution in [1.29, 1.82) is 0 Å². The fourth-order valence-electron chi connectivity index (χ4n) is 5.33. The third-order valence-corrected chi connectivity index (χ3v) is 7.38. The number of Topliss-reactive ketones (excluding diaryl/α,β-unsaturated/α-hetero) is 1. The van der Waals surface area contributed by atoms with Gasteiger partial charge in [-0.15, -0.1) is 0 Å². The first-order chi connectivity index (χ1) is 17.7. The van der Waals surface area contributed by atoms with Gasteiger partial charge < -0.3 is 19.3 Å². The van der Waals surface area contributed by atoms with Gasteiger partial charge in [-0.1, -0.05) is 30.4 Å². The molecule has 0 N–H and O–H groups in total. The van der Waals surface area contributed by atoms with Crippen molar-refractivity contribution < 1.29 is 19.1 Å². The van der Waals surface area contributed by atoms with E-state index in [1.165, 1.54) is 0 Å². The van der Waals surface area contributed by atoms with E-state index >= 15 is 0 Å². The number of benzene rings is 1. The molecular weight excluding hydrogens is 464 g/mol. The third-order valence-electron chi connectivity index (χ3n) is 7.38. The lowest BCUT2D eigenvalue weighted by molar-refractivity contribution is -0.127. The number of likely N-dealkylation sites (tertiary alicyclic amines) is 1. The van der Waals surface area contributed by atoms with Gasteiger partial charge in [-0.25, -0.2) is 0 Å². The van der Waals surface area contributed by atoms with Crippen LogP contribution in [0.3, 0.4) is 0 Å². The van der Waals surface area contributed by atoms with E-state index in [1.807, 2.05) is 18.0 Å². The second-order valence-electron chi connectivity index (χ2n) is 10.3. The van der Waals surface area contributed by atoms with Gasteiger partial charge in [0.05, 0.1) is 12.8 Å². The van der Waals surface area contributed by atoms with Crippen LogP contribution in [0.5, 0.6) is 11.5 Å². The summed E-state index contributed by atoms with van der Waals surface area (Å²) in [6, 6.07) is 4.00. The van der Waals surface area contributed by atoms with Crippen LogP contribution < -0.4 is 9.47 Å². The van der Waals surface area contributed by atoms with Gasteiger partial charge in [-0.05, 0) is 58.6 Å². The van der Waals surface area contributed by atoms with E-state index in [0.29, 0.717) is 25.1 Å². The fraction of sp³-hybridized carbons (Fsp3) is 0.419. The molecule has 2 heterocycles. The van der Waals surface area contributed by atoms with E-state index in [4.69, 9.17) is 9.47 Å². The number of amides is 1. The van der Waals surface area contributed by atoms with Gasteiger partial charge in [0.15, 0.2) is 0 Å². The monoisotopic (exact) mass is 502 g/mol. The Labute approximate surface area is 220 Å². The Bertz CT molecular complexity index is 1230. The van der Waals surface area contributed by atoms with Crippen LogP contribution in [0.4, 0.5) is 0 Å². The highest BCUT2D eigenvalue weighted by molar-refractivity contribution is 6.01. The van der Waals surface area contributed by atoms with E-state index in [9.17, 15) is 9.59 Å². The molecule has 6 heteroatoms. The molecule has 3 aliphatic rings. The maximum absolute atomic E-state index is 13.7. The number of likely N-dealkylation sites (N-methyl/N-ethyl adjacent to an activating group) is 1. The van der Waals surface area contributed by atoms with Crippen LogP contribution in [0.25, 0.3) is 11.8 Å². The van der Waals surface area contributed by atoms with Gasteiger partial charge in [-0.2, -0.15) is 0 Å². The Hall–Kier alpha value is -3.54. The van der Waals surface area contributed by atoms with Crippen LogP contribution in [0, 0.1) is 5.92 Å². The van der Waals surface area contributed by atoms with Crippen LogP contribution in [0.1, 0.15) is 57.6 Å². The summed E-state index contributed by atoms with van der Waals surface area (Å²) in [6.07, 6.45) is 11.7. The topological polar surface area (TPSA) is 59.1 Å². The molecule has 1 fully saturated rings. The van der Waals surface area contributed by atoms with Gasteiger partial charge in [0.25, 0.3) is 5.91 Å². The zero-order valence-corrected chi connectivity index (χ0v) is 22.7. The summed E-state index contributed by atoms with van der Waals surface area (Å²) in [6.45, 7) is 11.5. The van der Waals surface area contributed by atoms with Gasteiger partial charge in [0.2, 0.25) is 0 Å². The van der Waals surface area contributed by atoms with Gasteiger partial charge in [-0.3, -0.25) is 9.59 Å². The number of nitrogens with zero attached hydrogens (tertiary/aromatic N) is 2. The molecule has 6 nitrogen and oxygen atoms in total. The number of ether oxygens (including phenoxy) is 2. The molecule has 1 amide bonds. The van der Waals surface area contributed by atoms with Gasteiger partial charge >= 0.3 is 0 Å². The molecule has 1 aliphatic carbocycles. The zero-order chi connectivity index (χ0) is 26.7. The Kier molecular flexibility index (Phi) is 8.06. The average Bonchev–Trinajstić information content (AvgIpc) is 3.30. The highest BCUT2D eigenvalue weighted by Crippen LogP contribution is 2.43. The van der Waals surface area contributed by atoms with Crippen molar-refractivity contribution in [2.75, 3.05) is 33.9 Å². The number of methoxy groups -OCH3 is 1. The molecule has 0 saturated carbocycles. The van der Waals surface area contributed by atoms with Crippen molar-refractivity contribution in [3.63, 3.8) is 0 Å². The van der Waals surface area contributed by atoms with Crippen LogP contribution in [0.2, 0.25) is 0 Å². The maximum atomic E-state index is 13.7. The second kappa shape index (κ2) is 11.2. The minimum absolute atomic E-state index is 0.0291. The van der Waals surface area contributed by atoms with E-state index in [2.05, 4.69) is 55.7 Å². The van der Waals surface area contributed by atoms with E-state index in [1.54, 1.807) is 14.0 Å². The van der Waals surface area contributed by atoms with Crippen molar-refractivity contribution in [2.45, 2.75) is 46.5 Å². The SMILES string of the molecule is C=C(C(=O)N1CCC[C@H](C(C)=O)CC1)C1=C(N(C)C2=CCC=C2)c2cc(C=C(C)C)c(OC)cc2OC1. The van der Waals surface area contributed by atoms with Crippen LogP contribution in [-0.4, -0.2) is 55.3 Å². The summed E-state index contributed by atoms with van der Waals surface area (Å²) in [5.74, 6) is 1.60. The Morgan fingerprint density at radius 1 is 1.19 bits per heavy atom. The quantitative estimate of drug-likeness (QED) is 0.443. The number of carbonyl (C=O) groups excluding carboxylic acids is 2. The largest absolute Gasteiger partial charge is 0.496 e. The first kappa shape index (κ1) is 26.5. The fourth-order valence-corrected chi connectivity index (χ4v) is 5.33. The summed E-state index contributed by atoms with van der Waals surface area (Å²) in [7, 11) is 3.69. The smallest absolute Gasteiger partial charge is 0.253 e. The minimum Gasteiger partial charge on any atom is -0.496 e. The van der Waals surface area contributed by atoms with E-state index in [-0.39, 0.29) is 24.2 Å². The molecule has 196 valence electrons. The molecule has 0 aromatic heterocycles. The second-order valence-corrected chi connectivity index (χ2v) is 10.3. The molecule has 0 spiro atoms. The number of carbonyl (C=O) groups is 2. The molecule has 1 saturated heterocycles. The average molecular weight is 503 g/mol. The summed E-state index contributed by atoms with van der Waals surface area (Å²) in [4.78, 5) is 29.6. The Morgan fingerprint density at radius 3 is 2.62 bits per heavy atom. The van der Waals surface area contributed by atoms with Crippen molar-refractivity contribution >= 4 is 23.5 Å². The molecule has 0 radical (unpaired) electrons. The molecule has 1 atom stereocenters. The number of hydrogen-bond acceptors (Lipinski definition) is 5. The summed E-state index contributed by atoms with van der Waals surface area (Å²) in [5.41, 5.74) is 6.21. The van der Waals surface area contributed by atoms with Crippen molar-refractivity contribution in [1.82, 2.24) is 9.80 Å². The number of fused-ring (bicyclic) bond motifs is 1. The standard InChI is InChI=1S/C31H38N2O4/c1-20(2)16-24-17-26-29(18-28(24)36-6)37-19-27(30(26)32(5)25-11-7-8-12-25)21(3)31(35)33-14-9-10-23(13-15-33)22(4)34/h7,11-12,16-18,23H,3,8-10,13-15,19H2,1-2,4-6H3/t23-/m0/s1. The highest BCUT2D eigenvalue weighted by atomic mass is 16.5. The predicted octanol–water partition coefficient (Wildman–Crippen LogP) is 5.77. The molecule has 37 heavy (non-hydrogen) atoms. The van der Waals surface area contributed by atoms with Crippen molar-refractivity contribution in [2.24, 2.45) is 5.92 Å². The number of rotatable bonds is 7. The molecule has 0 bridgehead atoms. The highest BCUT2D eigenvalue weighted by Gasteiger charge is 2.32. The predicted molar refractivity (Wildman–Crippen MR) is 148 cm³/mol. The van der Waals surface area contributed by atoms with E-state index < -0.39 is 0 Å². The lowest BCUT2D eigenvalue weighted by Crippen LogP contribution is -2.35. The van der Waals surface area contributed by atoms with Crippen molar-refractivity contribution in [3.05, 3.63) is 70.5 Å². The van der Waals surface area contributed by atoms with E-state index in [0.717, 1.165) is 64.4 Å². The number of hydrogen-bond donors (Lipinski definition) is 0. The van der Waals surface area contributed by atoms with Gasteiger partial charge in [0, 0.05) is 60.1 Å². The molecule has 1 aromatic carbocycles. The first-order valence-corrected chi connectivity index (χ1v) is 13.0. The molecule has 2 aliphatic heterocycles. The normalized spacial score (nSPS) is 18.9. The van der Waals surface area contributed by atoms with Gasteiger partial charge in [0.1, 0.15) is 23.9 Å². The summed E-state index contributed by atoms with van der Waals surface area (Å²) >= 11 is 0. The van der Waals surface area contributed by atoms with Crippen LogP contribution >= 0.6 is 0 Å². The molecular formula is C31H38N2O4. The lowest BCUT2D eigenvalue weighted by Gasteiger charge is -2.33. The third kappa shape index (κ3) is 5.58. The molecule has 4 rings (SSSR count). The first-order valence-electron chi connectivity index (χ1n) is 13.0. The Balaban J connectivity index is 1.77. The number of allylic oxidation sites excluding steroid dienone is 4. The van der Waals surface area contributed by atoms with Crippen LogP contribution in [-0.2, 0) is 9.59 Å². The Morgan fingerprint density at radius 2 is 1.97 bits per heavy atom. The lowest BCUT2D eigenvalue weighted by atomic mass is 9.94. The zero-order valence-electron chi connectivity index (χ0n) is 22.7. The summed E-state index contributed by atoms with van der Waals surface area (Å²) < 4.78 is 11.9. The van der Waals surface area contributed by atoms with Crippen molar-refractivity contribution in [3.8, 4) is 11.5 Å². The minimum atomic E-state index is -0.0915. The summed E-state index contributed by atoms with van der Waals surface area (Å²) in [5, 5.41) is 0. The van der Waals surface area contributed by atoms with Crippen LogP contribution in [0.15, 0.2) is 59.4 Å².